The topological polar surface area (TPSA) is 29.3 Å². The van der Waals surface area contributed by atoms with E-state index in [2.05, 4.69) is 95.9 Å². The lowest BCUT2D eigenvalue weighted by Crippen LogP contribution is -2.30. The number of nitrogens with two attached hydrogens (primary N) is 1. The van der Waals surface area contributed by atoms with Gasteiger partial charge in [-0.3, -0.25) is 0 Å². The first-order chi connectivity index (χ1) is 13.3. The fourth-order valence-corrected chi connectivity index (χ4v) is 4.10. The minimum absolute atomic E-state index is 0.0478. The third-order valence-corrected chi connectivity index (χ3v) is 5.23. The molecule has 2 nitrogen and oxygen atoms in total. The maximum absolute atomic E-state index is 6.66. The molecule has 0 fully saturated rings. The zero-order valence-electron chi connectivity index (χ0n) is 14.9. The van der Waals surface area contributed by atoms with E-state index in [0.29, 0.717) is 0 Å². The van der Waals surface area contributed by atoms with Gasteiger partial charge in [0.2, 0.25) is 0 Å². The van der Waals surface area contributed by atoms with Crippen molar-refractivity contribution in [3.05, 3.63) is 114 Å². The van der Waals surface area contributed by atoms with Crippen LogP contribution in [0.5, 0.6) is 0 Å². The summed E-state index contributed by atoms with van der Waals surface area (Å²) in [5.41, 5.74) is 12.2. The van der Waals surface area contributed by atoms with Crippen LogP contribution >= 0.6 is 0 Å². The molecule has 5 rings (SSSR count). The van der Waals surface area contributed by atoms with Crippen molar-refractivity contribution in [2.45, 2.75) is 6.04 Å². The summed E-state index contributed by atoms with van der Waals surface area (Å²) < 4.78 is 0. The van der Waals surface area contributed by atoms with Gasteiger partial charge < -0.3 is 10.6 Å². The molecule has 0 aliphatic heterocycles. The molecule has 1 aliphatic rings. The van der Waals surface area contributed by atoms with Gasteiger partial charge in [-0.05, 0) is 52.2 Å². The zero-order valence-corrected chi connectivity index (χ0v) is 14.9. The van der Waals surface area contributed by atoms with E-state index in [1.807, 2.05) is 12.1 Å². The van der Waals surface area contributed by atoms with E-state index < -0.39 is 0 Å². The number of benzene rings is 4. The smallest absolute Gasteiger partial charge is 0.0993 e. The number of para-hydroxylation sites is 2. The largest absolute Gasteiger partial charge is 0.400 e. The molecule has 4 aromatic carbocycles. The SMILES string of the molecule is NC1=Cc2cccc3cccc(c23)C1N(c1ccccc1)c1ccccc1. The van der Waals surface area contributed by atoms with Crippen molar-refractivity contribution in [2.24, 2.45) is 5.73 Å². The summed E-state index contributed by atoms with van der Waals surface area (Å²) in [5, 5.41) is 2.54. The Balaban J connectivity index is 1.78. The van der Waals surface area contributed by atoms with E-state index in [-0.39, 0.29) is 6.04 Å². The van der Waals surface area contributed by atoms with Crippen molar-refractivity contribution in [3.63, 3.8) is 0 Å². The van der Waals surface area contributed by atoms with E-state index in [9.17, 15) is 0 Å². The molecule has 0 amide bonds. The van der Waals surface area contributed by atoms with Gasteiger partial charge in [0, 0.05) is 17.1 Å². The first-order valence-corrected chi connectivity index (χ1v) is 9.21. The number of nitrogens with zero attached hydrogens (tertiary/aromatic N) is 1. The van der Waals surface area contributed by atoms with Gasteiger partial charge in [0.15, 0.2) is 0 Å². The molecule has 2 N–H and O–H groups in total. The van der Waals surface area contributed by atoms with E-state index in [4.69, 9.17) is 5.73 Å². The van der Waals surface area contributed by atoms with Crippen molar-refractivity contribution in [1.29, 1.82) is 0 Å². The lowest BCUT2D eigenvalue weighted by molar-refractivity contribution is 0.797. The van der Waals surface area contributed by atoms with Crippen LogP contribution in [-0.4, -0.2) is 0 Å². The molecule has 1 atom stereocenters. The highest BCUT2D eigenvalue weighted by Gasteiger charge is 2.29. The standard InChI is InChI=1S/C25H20N2/c26-23-17-19-11-7-9-18-10-8-16-22(24(18)19)25(23)27(20-12-3-1-4-13-20)21-14-5-2-6-15-21/h1-17,25H,26H2. The van der Waals surface area contributed by atoms with E-state index in [1.165, 1.54) is 21.9 Å². The molecule has 0 aromatic heterocycles. The predicted molar refractivity (Wildman–Crippen MR) is 114 cm³/mol. The maximum Gasteiger partial charge on any atom is 0.0993 e. The van der Waals surface area contributed by atoms with E-state index in [1.54, 1.807) is 0 Å². The second kappa shape index (κ2) is 6.33. The highest BCUT2D eigenvalue weighted by molar-refractivity contribution is 5.97. The van der Waals surface area contributed by atoms with E-state index in [0.717, 1.165) is 17.1 Å². The molecule has 4 aromatic rings. The number of hydrogen-bond donors (Lipinski definition) is 1. The van der Waals surface area contributed by atoms with Crippen molar-refractivity contribution in [2.75, 3.05) is 4.90 Å². The van der Waals surface area contributed by atoms with E-state index >= 15 is 0 Å². The molecule has 1 unspecified atom stereocenters. The quantitative estimate of drug-likeness (QED) is 0.489. The van der Waals surface area contributed by atoms with Crippen molar-refractivity contribution >= 4 is 28.2 Å². The third-order valence-electron chi connectivity index (χ3n) is 5.23. The molecule has 0 spiro atoms. The van der Waals surface area contributed by atoms with Gasteiger partial charge >= 0.3 is 0 Å². The van der Waals surface area contributed by atoms with Crippen LogP contribution < -0.4 is 10.6 Å². The summed E-state index contributed by atoms with van der Waals surface area (Å²) in [6.45, 7) is 0. The first-order valence-electron chi connectivity index (χ1n) is 9.21. The van der Waals surface area contributed by atoms with Crippen LogP contribution in [0, 0.1) is 0 Å². The summed E-state index contributed by atoms with van der Waals surface area (Å²) in [7, 11) is 0. The molecule has 0 saturated heterocycles. The van der Waals surface area contributed by atoms with Crippen LogP contribution in [-0.2, 0) is 0 Å². The molecule has 0 bridgehead atoms. The minimum Gasteiger partial charge on any atom is -0.400 e. The van der Waals surface area contributed by atoms with Gasteiger partial charge in [0.1, 0.15) is 0 Å². The second-order valence-corrected chi connectivity index (χ2v) is 6.88. The summed E-state index contributed by atoms with van der Waals surface area (Å²) in [5.74, 6) is 0. The summed E-state index contributed by atoms with van der Waals surface area (Å²) in [6, 6.07) is 33.8. The average Bonchev–Trinajstić information content (AvgIpc) is 2.72. The Kier molecular flexibility index (Phi) is 3.68. The molecular weight excluding hydrogens is 328 g/mol. The van der Waals surface area contributed by atoms with Crippen LogP contribution in [0.2, 0.25) is 0 Å². The molecule has 27 heavy (non-hydrogen) atoms. The Bertz CT molecular complexity index is 1090. The Morgan fingerprint density at radius 3 is 1.85 bits per heavy atom. The number of rotatable bonds is 3. The summed E-state index contributed by atoms with van der Waals surface area (Å²) in [6.07, 6.45) is 2.12. The van der Waals surface area contributed by atoms with Gasteiger partial charge in [-0.25, -0.2) is 0 Å². The molecule has 0 heterocycles. The summed E-state index contributed by atoms with van der Waals surface area (Å²) in [4.78, 5) is 2.33. The van der Waals surface area contributed by atoms with Crippen LogP contribution in [0.25, 0.3) is 16.8 Å². The van der Waals surface area contributed by atoms with Crippen LogP contribution in [0.15, 0.2) is 103 Å². The number of hydrogen-bond acceptors (Lipinski definition) is 2. The van der Waals surface area contributed by atoms with Crippen LogP contribution in [0.3, 0.4) is 0 Å². The maximum atomic E-state index is 6.66. The Hall–Kier alpha value is -3.52. The lowest BCUT2D eigenvalue weighted by Gasteiger charge is -2.37. The van der Waals surface area contributed by atoms with Crippen molar-refractivity contribution in [1.82, 2.24) is 0 Å². The predicted octanol–water partition coefficient (Wildman–Crippen LogP) is 6.03. The van der Waals surface area contributed by atoms with Gasteiger partial charge in [-0.2, -0.15) is 0 Å². The first kappa shape index (κ1) is 15.7. The highest BCUT2D eigenvalue weighted by Crippen LogP contribution is 2.44. The lowest BCUT2D eigenvalue weighted by atomic mass is 9.87. The van der Waals surface area contributed by atoms with Crippen LogP contribution in [0.4, 0.5) is 11.4 Å². The van der Waals surface area contributed by atoms with Gasteiger partial charge in [-0.1, -0.05) is 72.8 Å². The Labute approximate surface area is 159 Å². The molecule has 1 aliphatic carbocycles. The fourth-order valence-electron chi connectivity index (χ4n) is 4.10. The normalized spacial score (nSPS) is 15.4. The Morgan fingerprint density at radius 2 is 1.22 bits per heavy atom. The van der Waals surface area contributed by atoms with Gasteiger partial charge in [-0.15, -0.1) is 0 Å². The minimum atomic E-state index is -0.0478. The molecule has 0 saturated carbocycles. The molecular formula is C25H20N2. The van der Waals surface area contributed by atoms with Crippen molar-refractivity contribution < 1.29 is 0 Å². The van der Waals surface area contributed by atoms with Gasteiger partial charge in [0.05, 0.1) is 6.04 Å². The summed E-state index contributed by atoms with van der Waals surface area (Å²) >= 11 is 0. The highest BCUT2D eigenvalue weighted by atomic mass is 15.2. The van der Waals surface area contributed by atoms with Crippen molar-refractivity contribution in [3.8, 4) is 0 Å². The number of anilines is 2. The monoisotopic (exact) mass is 348 g/mol. The average molecular weight is 348 g/mol. The molecule has 130 valence electrons. The Morgan fingerprint density at radius 1 is 0.630 bits per heavy atom. The molecule has 0 radical (unpaired) electrons. The third kappa shape index (κ3) is 2.58. The second-order valence-electron chi connectivity index (χ2n) is 6.88. The van der Waals surface area contributed by atoms with Gasteiger partial charge in [0.25, 0.3) is 0 Å². The zero-order chi connectivity index (χ0) is 18.2. The fraction of sp³-hybridized carbons (Fsp3) is 0.0400. The molecule has 2 heteroatoms. The van der Waals surface area contributed by atoms with Crippen LogP contribution in [0.1, 0.15) is 17.2 Å².